The summed E-state index contributed by atoms with van der Waals surface area (Å²) in [5, 5.41) is 0.810. The van der Waals surface area contributed by atoms with Crippen molar-refractivity contribution in [3.8, 4) is 0 Å². The minimum atomic E-state index is 0.124. The third-order valence-corrected chi connectivity index (χ3v) is 6.58. The van der Waals surface area contributed by atoms with E-state index in [4.69, 9.17) is 4.98 Å². The van der Waals surface area contributed by atoms with Crippen molar-refractivity contribution in [1.29, 1.82) is 0 Å². The van der Waals surface area contributed by atoms with Crippen LogP contribution in [0.3, 0.4) is 0 Å². The summed E-state index contributed by atoms with van der Waals surface area (Å²) in [6.45, 7) is 10.1. The molecule has 1 amide bonds. The fourth-order valence-electron chi connectivity index (χ4n) is 3.90. The van der Waals surface area contributed by atoms with E-state index < -0.39 is 0 Å². The van der Waals surface area contributed by atoms with E-state index in [0.717, 1.165) is 40.3 Å². The monoisotopic (exact) mass is 423 g/mol. The standard InChI is InChI=1S/C25H33N3OS/c1-7-20-9-10-22-23(15-20)30-25(26-22)28(12-8-11-27(5)6)24(29)16-21-18(3)13-17(2)14-19(21)4/h9-10,13-15H,7-8,11-12,16H2,1-6H3. The first-order chi connectivity index (χ1) is 14.3. The summed E-state index contributed by atoms with van der Waals surface area (Å²) in [4.78, 5) is 22.3. The first-order valence-electron chi connectivity index (χ1n) is 10.7. The predicted octanol–water partition coefficient (Wildman–Crippen LogP) is 5.31. The second kappa shape index (κ2) is 9.71. The maximum Gasteiger partial charge on any atom is 0.233 e. The number of benzene rings is 2. The Balaban J connectivity index is 1.91. The maximum absolute atomic E-state index is 13.5. The first kappa shape index (κ1) is 22.4. The average Bonchev–Trinajstić information content (AvgIpc) is 3.10. The molecule has 5 heteroatoms. The van der Waals surface area contributed by atoms with Gasteiger partial charge in [0.2, 0.25) is 5.91 Å². The zero-order chi connectivity index (χ0) is 21.8. The van der Waals surface area contributed by atoms with Gasteiger partial charge in [0.25, 0.3) is 0 Å². The van der Waals surface area contributed by atoms with Gasteiger partial charge in [0, 0.05) is 6.54 Å². The summed E-state index contributed by atoms with van der Waals surface area (Å²) in [6, 6.07) is 10.7. The van der Waals surface area contributed by atoms with Crippen LogP contribution in [-0.4, -0.2) is 43.0 Å². The molecule has 160 valence electrons. The summed E-state index contributed by atoms with van der Waals surface area (Å²) >= 11 is 1.62. The summed E-state index contributed by atoms with van der Waals surface area (Å²) < 4.78 is 1.15. The van der Waals surface area contributed by atoms with Crippen molar-refractivity contribution in [2.24, 2.45) is 0 Å². The highest BCUT2D eigenvalue weighted by molar-refractivity contribution is 7.22. The molecule has 0 bridgehead atoms. The second-order valence-electron chi connectivity index (χ2n) is 8.41. The molecule has 0 N–H and O–H groups in total. The summed E-state index contributed by atoms with van der Waals surface area (Å²) in [7, 11) is 4.13. The summed E-state index contributed by atoms with van der Waals surface area (Å²) in [5.41, 5.74) is 7.02. The Morgan fingerprint density at radius 3 is 2.37 bits per heavy atom. The van der Waals surface area contributed by atoms with Gasteiger partial charge in [-0.15, -0.1) is 0 Å². The van der Waals surface area contributed by atoms with Crippen LogP contribution in [-0.2, 0) is 17.6 Å². The number of thiazole rings is 1. The van der Waals surface area contributed by atoms with E-state index in [0.29, 0.717) is 13.0 Å². The molecule has 0 spiro atoms. The van der Waals surface area contributed by atoms with Crippen molar-refractivity contribution in [2.45, 2.75) is 47.0 Å². The van der Waals surface area contributed by atoms with E-state index in [9.17, 15) is 4.79 Å². The molecule has 3 aromatic rings. The van der Waals surface area contributed by atoms with Gasteiger partial charge in [0.05, 0.1) is 16.6 Å². The van der Waals surface area contributed by atoms with Crippen LogP contribution in [0.15, 0.2) is 30.3 Å². The highest BCUT2D eigenvalue weighted by atomic mass is 32.1. The van der Waals surface area contributed by atoms with Gasteiger partial charge in [-0.3, -0.25) is 9.69 Å². The minimum absolute atomic E-state index is 0.124. The fourth-order valence-corrected chi connectivity index (χ4v) is 4.97. The highest BCUT2D eigenvalue weighted by Crippen LogP contribution is 2.31. The number of aromatic nitrogens is 1. The minimum Gasteiger partial charge on any atom is -0.309 e. The third-order valence-electron chi connectivity index (χ3n) is 5.54. The molecule has 0 unspecified atom stereocenters. The Morgan fingerprint density at radius 1 is 1.03 bits per heavy atom. The molecule has 2 aromatic carbocycles. The molecule has 0 aliphatic rings. The third kappa shape index (κ3) is 5.27. The van der Waals surface area contributed by atoms with Crippen molar-refractivity contribution < 1.29 is 4.79 Å². The predicted molar refractivity (Wildman–Crippen MR) is 129 cm³/mol. The van der Waals surface area contributed by atoms with Gasteiger partial charge >= 0.3 is 0 Å². The van der Waals surface area contributed by atoms with E-state index in [1.807, 2.05) is 4.90 Å². The Bertz CT molecular complexity index is 1020. The SMILES string of the molecule is CCc1ccc2nc(N(CCCN(C)C)C(=O)Cc3c(C)cc(C)cc3C)sc2c1. The summed E-state index contributed by atoms with van der Waals surface area (Å²) in [5.74, 6) is 0.124. The molecule has 0 aliphatic carbocycles. The van der Waals surface area contributed by atoms with E-state index in [1.165, 1.54) is 22.3 Å². The van der Waals surface area contributed by atoms with Gasteiger partial charge in [-0.2, -0.15) is 0 Å². The van der Waals surface area contributed by atoms with Gasteiger partial charge < -0.3 is 4.90 Å². The molecular weight excluding hydrogens is 390 g/mol. The van der Waals surface area contributed by atoms with E-state index >= 15 is 0 Å². The zero-order valence-electron chi connectivity index (χ0n) is 19.1. The molecule has 1 heterocycles. The number of rotatable bonds is 8. The van der Waals surface area contributed by atoms with Gasteiger partial charge in [-0.25, -0.2) is 4.98 Å². The van der Waals surface area contributed by atoms with Crippen LogP contribution in [0.1, 0.15) is 41.2 Å². The number of hydrogen-bond donors (Lipinski definition) is 0. The van der Waals surface area contributed by atoms with Crippen LogP contribution in [0.25, 0.3) is 10.2 Å². The molecule has 0 saturated heterocycles. The maximum atomic E-state index is 13.5. The molecule has 0 radical (unpaired) electrons. The number of aryl methyl sites for hydroxylation is 4. The first-order valence-corrected chi connectivity index (χ1v) is 11.5. The van der Waals surface area contributed by atoms with Crippen LogP contribution >= 0.6 is 11.3 Å². The lowest BCUT2D eigenvalue weighted by Gasteiger charge is -2.22. The van der Waals surface area contributed by atoms with E-state index in [-0.39, 0.29) is 5.91 Å². The smallest absolute Gasteiger partial charge is 0.233 e. The molecular formula is C25H33N3OS. The number of anilines is 1. The fraction of sp³-hybridized carbons (Fsp3) is 0.440. The molecule has 1 aromatic heterocycles. The van der Waals surface area contributed by atoms with Crippen molar-refractivity contribution >= 4 is 32.6 Å². The molecule has 30 heavy (non-hydrogen) atoms. The zero-order valence-corrected chi connectivity index (χ0v) is 19.9. The van der Waals surface area contributed by atoms with Crippen molar-refractivity contribution in [2.75, 3.05) is 32.1 Å². The Hall–Kier alpha value is -2.24. The van der Waals surface area contributed by atoms with Gasteiger partial charge in [-0.05, 0) is 88.6 Å². The Kier molecular flexibility index (Phi) is 7.27. The number of carbonyl (C=O) groups excluding carboxylic acids is 1. The molecule has 0 atom stereocenters. The van der Waals surface area contributed by atoms with Gasteiger partial charge in [0.1, 0.15) is 0 Å². The Morgan fingerprint density at radius 2 is 1.73 bits per heavy atom. The molecule has 0 fully saturated rings. The van der Waals surface area contributed by atoms with Crippen LogP contribution < -0.4 is 4.90 Å². The summed E-state index contributed by atoms with van der Waals surface area (Å²) in [6.07, 6.45) is 2.33. The number of carbonyl (C=O) groups is 1. The molecule has 0 aliphatic heterocycles. The quantitative estimate of drug-likeness (QED) is 0.492. The number of nitrogens with zero attached hydrogens (tertiary/aromatic N) is 3. The Labute approximate surface area is 184 Å². The molecule has 3 rings (SSSR count). The lowest BCUT2D eigenvalue weighted by Crippen LogP contribution is -2.34. The number of amides is 1. The van der Waals surface area contributed by atoms with Crippen molar-refractivity contribution in [1.82, 2.24) is 9.88 Å². The molecule has 4 nitrogen and oxygen atoms in total. The van der Waals surface area contributed by atoms with Crippen molar-refractivity contribution in [3.63, 3.8) is 0 Å². The largest absolute Gasteiger partial charge is 0.309 e. The van der Waals surface area contributed by atoms with Crippen LogP contribution in [0.4, 0.5) is 5.13 Å². The van der Waals surface area contributed by atoms with E-state index in [1.54, 1.807) is 11.3 Å². The van der Waals surface area contributed by atoms with Crippen LogP contribution in [0.2, 0.25) is 0 Å². The van der Waals surface area contributed by atoms with Crippen molar-refractivity contribution in [3.05, 3.63) is 58.1 Å². The number of fused-ring (bicyclic) bond motifs is 1. The molecule has 0 saturated carbocycles. The normalized spacial score (nSPS) is 11.4. The second-order valence-corrected chi connectivity index (χ2v) is 9.42. The average molecular weight is 424 g/mol. The number of hydrogen-bond acceptors (Lipinski definition) is 4. The van der Waals surface area contributed by atoms with Gasteiger partial charge in [0.15, 0.2) is 5.13 Å². The van der Waals surface area contributed by atoms with Crippen LogP contribution in [0.5, 0.6) is 0 Å². The topological polar surface area (TPSA) is 36.4 Å². The lowest BCUT2D eigenvalue weighted by atomic mass is 9.97. The highest BCUT2D eigenvalue weighted by Gasteiger charge is 2.21. The lowest BCUT2D eigenvalue weighted by molar-refractivity contribution is -0.118. The van der Waals surface area contributed by atoms with Gasteiger partial charge in [-0.1, -0.05) is 42.0 Å². The van der Waals surface area contributed by atoms with Crippen LogP contribution in [0, 0.1) is 20.8 Å². The van der Waals surface area contributed by atoms with E-state index in [2.05, 4.69) is 77.0 Å².